The van der Waals surface area contributed by atoms with E-state index >= 15 is 0 Å². The van der Waals surface area contributed by atoms with Gasteiger partial charge in [-0.05, 0) is 60.1 Å². The Labute approximate surface area is 284 Å². The molecule has 2 bridgehead atoms. The highest BCUT2D eigenvalue weighted by Gasteiger charge is 2.76. The third-order valence-corrected chi connectivity index (χ3v) is 10.4. The molecule has 0 spiro atoms. The van der Waals surface area contributed by atoms with E-state index in [1.807, 2.05) is 24.3 Å². The highest BCUT2D eigenvalue weighted by Crippen LogP contribution is 2.58. The van der Waals surface area contributed by atoms with Gasteiger partial charge in [0.05, 0.1) is 19.3 Å². The zero-order valence-electron chi connectivity index (χ0n) is 26.9. The van der Waals surface area contributed by atoms with E-state index < -0.39 is 71.6 Å². The largest absolute Gasteiger partial charge is 0.458 e. The first-order valence-electron chi connectivity index (χ1n) is 16.7. The van der Waals surface area contributed by atoms with Crippen molar-refractivity contribution in [3.63, 3.8) is 0 Å². The monoisotopic (exact) mass is 757 g/mol. The molecular formula is C33H48IN3O9. The number of hydrogen-bond acceptors (Lipinski definition) is 10. The van der Waals surface area contributed by atoms with Crippen LogP contribution in [0.3, 0.4) is 0 Å². The molecule has 4 fully saturated rings. The molecule has 3 heterocycles. The molecule has 0 unspecified atom stereocenters. The number of benzene rings is 1. The summed E-state index contributed by atoms with van der Waals surface area (Å²) >= 11 is 2.22. The van der Waals surface area contributed by atoms with Crippen molar-refractivity contribution in [2.75, 3.05) is 13.2 Å². The molecule has 5 rings (SSSR count). The van der Waals surface area contributed by atoms with Crippen molar-refractivity contribution < 1.29 is 43.6 Å². The Morgan fingerprint density at radius 2 is 1.80 bits per heavy atom. The number of hydroxylamine groups is 2. The Bertz CT molecular complexity index is 1240. The minimum absolute atomic E-state index is 0.0391. The normalized spacial score (nSPS) is 30.7. The van der Waals surface area contributed by atoms with Crippen LogP contribution in [0, 0.1) is 8.99 Å². The number of nitrogens with zero attached hydrogens (tertiary/aromatic N) is 1. The number of aliphatic hydroxyl groups excluding tert-OH is 2. The first-order chi connectivity index (χ1) is 22.1. The summed E-state index contributed by atoms with van der Waals surface area (Å²) < 4.78 is 20.7. The number of carbonyl (C=O) groups excluding carboxylic acids is 3. The molecule has 256 valence electrons. The highest BCUT2D eigenvalue weighted by molar-refractivity contribution is 14.1. The van der Waals surface area contributed by atoms with Crippen LogP contribution in [-0.4, -0.2) is 94.6 Å². The third kappa shape index (κ3) is 6.96. The minimum Gasteiger partial charge on any atom is -0.458 e. The summed E-state index contributed by atoms with van der Waals surface area (Å²) in [4.78, 5) is 48.1. The molecule has 1 saturated carbocycles. The zero-order valence-corrected chi connectivity index (χ0v) is 29.1. The van der Waals surface area contributed by atoms with Gasteiger partial charge in [0.25, 0.3) is 0 Å². The van der Waals surface area contributed by atoms with E-state index in [1.165, 1.54) is 12.0 Å². The molecule has 0 aromatic heterocycles. The van der Waals surface area contributed by atoms with Gasteiger partial charge in [0.15, 0.2) is 11.8 Å². The Balaban J connectivity index is 1.52. The van der Waals surface area contributed by atoms with Crippen LogP contribution in [0.2, 0.25) is 0 Å². The predicted molar refractivity (Wildman–Crippen MR) is 175 cm³/mol. The summed E-state index contributed by atoms with van der Waals surface area (Å²) in [6.07, 6.45) is 3.13. The van der Waals surface area contributed by atoms with E-state index in [1.54, 1.807) is 0 Å². The van der Waals surface area contributed by atoms with Gasteiger partial charge in [0.2, 0.25) is 11.8 Å². The minimum atomic E-state index is -1.49. The molecule has 0 radical (unpaired) electrons. The molecule has 12 nitrogen and oxygen atoms in total. The Morgan fingerprint density at radius 1 is 1.11 bits per heavy atom. The molecule has 4 aliphatic rings. The Hall–Kier alpha value is -1.88. The van der Waals surface area contributed by atoms with Gasteiger partial charge in [0.1, 0.15) is 35.9 Å². The van der Waals surface area contributed by atoms with Gasteiger partial charge < -0.3 is 35.1 Å². The molecule has 4 N–H and O–H groups in total. The lowest BCUT2D eigenvalue weighted by Crippen LogP contribution is -2.71. The van der Waals surface area contributed by atoms with Crippen LogP contribution in [0.1, 0.15) is 84.1 Å². The first-order valence-corrected chi connectivity index (χ1v) is 17.8. The SMILES string of the molecule is CCCCCC1(CCCCC)O[C@@H]2[C@H](O1)[C@H]1ON(Cc3cccc(I)c3)[C@@H]3C(=O)O[C@@H]2C[C@]13C(=O)N[C@@H](C(=O)NCCO)[C@H](C)O. The number of carbonyl (C=O) groups is 3. The van der Waals surface area contributed by atoms with Gasteiger partial charge in [-0.1, -0.05) is 51.7 Å². The standard InChI is InChI=1S/C33H48IN3O9/c1-4-6-8-13-32(14-9-7-5-2)44-25-23-18-33(31(42)36-24(20(3)39)29(40)35-15-16-38)27(30(41)43-23)37(46-28(33)26(25)45-32)19-21-11-10-12-22(34)17-21/h10-12,17,20,23-28,38-39H,4-9,13-16,18-19H2,1-3H3,(H,35,40)(H,36,42)/t20-,23+,24+,25-,26-,27+,28+,33+/m0/s1. The molecule has 3 aliphatic heterocycles. The maximum atomic E-state index is 14.6. The van der Waals surface area contributed by atoms with Crippen molar-refractivity contribution in [2.45, 2.75) is 133 Å². The lowest BCUT2D eigenvalue weighted by atomic mass is 9.62. The van der Waals surface area contributed by atoms with E-state index in [-0.39, 0.29) is 26.1 Å². The van der Waals surface area contributed by atoms with Gasteiger partial charge in [0, 0.05) is 29.4 Å². The zero-order chi connectivity index (χ0) is 33.1. The number of aliphatic hydroxyl groups is 2. The second-order valence-electron chi connectivity index (χ2n) is 13.0. The summed E-state index contributed by atoms with van der Waals surface area (Å²) in [6.45, 7) is 5.56. The van der Waals surface area contributed by atoms with Crippen molar-refractivity contribution in [1.29, 1.82) is 0 Å². The summed E-state index contributed by atoms with van der Waals surface area (Å²) in [6, 6.07) is 5.34. The van der Waals surface area contributed by atoms with Crippen LogP contribution >= 0.6 is 22.6 Å². The molecule has 1 aromatic carbocycles. The van der Waals surface area contributed by atoms with E-state index in [4.69, 9.17) is 19.0 Å². The lowest BCUT2D eigenvalue weighted by Gasteiger charge is -2.49. The third-order valence-electron chi connectivity index (χ3n) is 9.69. The lowest BCUT2D eigenvalue weighted by molar-refractivity contribution is -0.224. The second kappa shape index (κ2) is 15.1. The van der Waals surface area contributed by atoms with Crippen LogP contribution in [0.25, 0.3) is 0 Å². The van der Waals surface area contributed by atoms with Crippen molar-refractivity contribution in [2.24, 2.45) is 5.41 Å². The number of esters is 1. The fourth-order valence-electron chi connectivity index (χ4n) is 7.48. The number of rotatable bonds is 16. The smallest absolute Gasteiger partial charge is 0.327 e. The van der Waals surface area contributed by atoms with Crippen molar-refractivity contribution >= 4 is 40.4 Å². The van der Waals surface area contributed by atoms with E-state index in [2.05, 4.69) is 47.1 Å². The molecule has 13 heteroatoms. The van der Waals surface area contributed by atoms with E-state index in [9.17, 15) is 24.6 Å². The Morgan fingerprint density at radius 3 is 2.43 bits per heavy atom. The Kier molecular flexibility index (Phi) is 11.6. The summed E-state index contributed by atoms with van der Waals surface area (Å²) in [5.74, 6) is -2.74. The molecule has 8 atom stereocenters. The molecule has 1 aromatic rings. The van der Waals surface area contributed by atoms with Crippen molar-refractivity contribution in [1.82, 2.24) is 15.7 Å². The van der Waals surface area contributed by atoms with Gasteiger partial charge >= 0.3 is 5.97 Å². The summed E-state index contributed by atoms with van der Waals surface area (Å²) in [5.41, 5.74) is -0.602. The molecule has 3 saturated heterocycles. The van der Waals surface area contributed by atoms with Crippen LogP contribution in [0.5, 0.6) is 0 Å². The van der Waals surface area contributed by atoms with Gasteiger partial charge in [-0.2, -0.15) is 5.06 Å². The number of ether oxygens (including phenoxy) is 3. The van der Waals surface area contributed by atoms with E-state index in [0.717, 1.165) is 47.7 Å². The van der Waals surface area contributed by atoms with E-state index in [0.29, 0.717) is 12.8 Å². The summed E-state index contributed by atoms with van der Waals surface area (Å²) in [5, 5.41) is 26.5. The van der Waals surface area contributed by atoms with Crippen LogP contribution in [0.15, 0.2) is 24.3 Å². The predicted octanol–water partition coefficient (Wildman–Crippen LogP) is 2.71. The van der Waals surface area contributed by atoms with Gasteiger partial charge in [-0.3, -0.25) is 19.2 Å². The quantitative estimate of drug-likeness (QED) is 0.112. The number of nitrogens with one attached hydrogen (secondary N) is 2. The van der Waals surface area contributed by atoms with Crippen molar-refractivity contribution in [3.8, 4) is 0 Å². The maximum absolute atomic E-state index is 14.6. The first kappa shape index (κ1) is 35.4. The number of amides is 2. The number of fused-ring (bicyclic) bond motifs is 4. The number of halogens is 1. The van der Waals surface area contributed by atoms with Crippen LogP contribution in [0.4, 0.5) is 0 Å². The average Bonchev–Trinajstić information content (AvgIpc) is 3.57. The molecule has 1 aliphatic carbocycles. The summed E-state index contributed by atoms with van der Waals surface area (Å²) in [7, 11) is 0. The van der Waals surface area contributed by atoms with Crippen LogP contribution in [-0.2, 0) is 40.0 Å². The van der Waals surface area contributed by atoms with Crippen molar-refractivity contribution in [3.05, 3.63) is 33.4 Å². The number of hydrogen-bond donors (Lipinski definition) is 4. The number of unbranched alkanes of at least 4 members (excludes halogenated alkanes) is 4. The molecule has 46 heavy (non-hydrogen) atoms. The average molecular weight is 758 g/mol. The van der Waals surface area contributed by atoms with Crippen LogP contribution < -0.4 is 10.6 Å². The topological polar surface area (TPSA) is 156 Å². The molecular weight excluding hydrogens is 709 g/mol. The fourth-order valence-corrected chi connectivity index (χ4v) is 8.09. The second-order valence-corrected chi connectivity index (χ2v) is 14.3. The van der Waals surface area contributed by atoms with Gasteiger partial charge in [-0.15, -0.1) is 0 Å². The van der Waals surface area contributed by atoms with Gasteiger partial charge in [-0.25, -0.2) is 0 Å². The fraction of sp³-hybridized carbons (Fsp3) is 0.727. The molecule has 2 amide bonds. The highest BCUT2D eigenvalue weighted by atomic mass is 127. The maximum Gasteiger partial charge on any atom is 0.327 e.